The Morgan fingerprint density at radius 3 is 2.90 bits per heavy atom. The number of likely N-dealkylation sites (N-methyl/N-ethyl adjacent to an activating group) is 1. The van der Waals surface area contributed by atoms with Crippen LogP contribution in [0.1, 0.15) is 37.8 Å². The molecule has 0 aliphatic carbocycles. The number of ether oxygens (including phenoxy) is 1. The lowest BCUT2D eigenvalue weighted by Crippen LogP contribution is -2.47. The topological polar surface area (TPSA) is 91.0 Å². The van der Waals surface area contributed by atoms with Crippen molar-refractivity contribution >= 4 is 17.8 Å². The van der Waals surface area contributed by atoms with Gasteiger partial charge >= 0.3 is 6.03 Å². The lowest BCUT2D eigenvalue weighted by atomic mass is 9.95. The van der Waals surface area contributed by atoms with Crippen LogP contribution in [-0.4, -0.2) is 66.5 Å². The van der Waals surface area contributed by atoms with Crippen LogP contribution in [0, 0.1) is 5.82 Å². The molecule has 0 radical (unpaired) electrons. The molecule has 2 atom stereocenters. The van der Waals surface area contributed by atoms with E-state index in [0.717, 1.165) is 19.4 Å². The summed E-state index contributed by atoms with van der Waals surface area (Å²) in [5, 5.41) is 5.68. The highest BCUT2D eigenvalue weighted by Gasteiger charge is 2.43. The minimum absolute atomic E-state index is 0.0635. The quantitative estimate of drug-likeness (QED) is 0.689. The molecule has 1 aromatic rings. The Kier molecular flexibility index (Phi) is 6.22. The molecular formula is C22H27FN4O4. The summed E-state index contributed by atoms with van der Waals surface area (Å²) >= 11 is 0. The molecule has 3 heterocycles. The van der Waals surface area contributed by atoms with Gasteiger partial charge in [-0.15, -0.1) is 0 Å². The number of urea groups is 1. The van der Waals surface area contributed by atoms with Crippen molar-refractivity contribution < 1.29 is 23.5 Å². The average molecular weight is 430 g/mol. The van der Waals surface area contributed by atoms with Crippen LogP contribution in [0.3, 0.4) is 0 Å². The smallest absolute Gasteiger partial charge is 0.322 e. The summed E-state index contributed by atoms with van der Waals surface area (Å²) in [4.78, 5) is 41.1. The number of benzene rings is 1. The molecule has 0 spiro atoms. The van der Waals surface area contributed by atoms with Crippen molar-refractivity contribution in [3.05, 3.63) is 46.9 Å². The molecule has 1 fully saturated rings. The lowest BCUT2D eigenvalue weighted by Gasteiger charge is -2.32. The summed E-state index contributed by atoms with van der Waals surface area (Å²) in [5.41, 5.74) is 1.57. The summed E-state index contributed by atoms with van der Waals surface area (Å²) in [7, 11) is 0. The zero-order valence-electron chi connectivity index (χ0n) is 17.5. The Hall–Kier alpha value is -2.94. The van der Waals surface area contributed by atoms with Gasteiger partial charge in [-0.25, -0.2) is 9.18 Å². The number of hydrogen-bond donors (Lipinski definition) is 2. The standard InChI is InChI=1S/C22H27FN4O4/c1-2-27-17-13-26(9-8-18(28)24-12-16-7-4-10-31-16)21(29)19(17)20(25-22(27)30)14-5-3-6-15(23)11-14/h3,5-6,11,16,20H,2,4,7-10,12-13H2,1H3,(H,24,28)(H,25,30). The highest BCUT2D eigenvalue weighted by molar-refractivity contribution is 6.01. The third-order valence-corrected chi connectivity index (χ3v) is 5.95. The van der Waals surface area contributed by atoms with Crippen LogP contribution in [0.5, 0.6) is 0 Å². The fraction of sp³-hybridized carbons (Fsp3) is 0.500. The summed E-state index contributed by atoms with van der Waals surface area (Å²) in [6.07, 6.45) is 2.18. The van der Waals surface area contributed by atoms with Crippen molar-refractivity contribution in [3.8, 4) is 0 Å². The second-order valence-electron chi connectivity index (χ2n) is 7.96. The maximum atomic E-state index is 13.8. The molecule has 31 heavy (non-hydrogen) atoms. The first-order valence-electron chi connectivity index (χ1n) is 10.7. The van der Waals surface area contributed by atoms with Gasteiger partial charge in [0.25, 0.3) is 5.91 Å². The first-order valence-corrected chi connectivity index (χ1v) is 10.7. The van der Waals surface area contributed by atoms with Crippen LogP contribution in [0.4, 0.5) is 9.18 Å². The zero-order chi connectivity index (χ0) is 22.0. The predicted octanol–water partition coefficient (Wildman–Crippen LogP) is 1.69. The molecule has 1 saturated heterocycles. The van der Waals surface area contributed by atoms with E-state index in [4.69, 9.17) is 4.74 Å². The molecule has 9 heteroatoms. The van der Waals surface area contributed by atoms with E-state index in [1.165, 1.54) is 17.0 Å². The van der Waals surface area contributed by atoms with Crippen LogP contribution in [-0.2, 0) is 14.3 Å². The van der Waals surface area contributed by atoms with Gasteiger partial charge < -0.3 is 20.3 Å². The van der Waals surface area contributed by atoms with E-state index in [1.54, 1.807) is 17.0 Å². The second-order valence-corrected chi connectivity index (χ2v) is 7.96. The molecule has 2 unspecified atom stereocenters. The largest absolute Gasteiger partial charge is 0.376 e. The number of carbonyl (C=O) groups excluding carboxylic acids is 3. The van der Waals surface area contributed by atoms with E-state index in [1.807, 2.05) is 6.92 Å². The van der Waals surface area contributed by atoms with E-state index in [0.29, 0.717) is 29.9 Å². The monoisotopic (exact) mass is 430 g/mol. The summed E-state index contributed by atoms with van der Waals surface area (Å²) in [6.45, 7) is 3.94. The van der Waals surface area contributed by atoms with E-state index < -0.39 is 11.9 Å². The minimum atomic E-state index is -0.716. The molecule has 1 aromatic carbocycles. The Morgan fingerprint density at radius 2 is 2.19 bits per heavy atom. The van der Waals surface area contributed by atoms with Gasteiger partial charge in [-0.2, -0.15) is 0 Å². The van der Waals surface area contributed by atoms with Gasteiger partial charge in [0.15, 0.2) is 0 Å². The molecule has 0 bridgehead atoms. The average Bonchev–Trinajstić information content (AvgIpc) is 3.38. The number of nitrogens with one attached hydrogen (secondary N) is 2. The van der Waals surface area contributed by atoms with Gasteiger partial charge in [-0.3, -0.25) is 14.5 Å². The highest BCUT2D eigenvalue weighted by atomic mass is 19.1. The van der Waals surface area contributed by atoms with Crippen molar-refractivity contribution in [2.24, 2.45) is 0 Å². The van der Waals surface area contributed by atoms with Gasteiger partial charge in [-0.1, -0.05) is 12.1 Å². The van der Waals surface area contributed by atoms with Gasteiger partial charge in [0.1, 0.15) is 5.82 Å². The van der Waals surface area contributed by atoms with Crippen LogP contribution in [0.2, 0.25) is 0 Å². The number of carbonyl (C=O) groups is 3. The number of halogens is 1. The first-order chi connectivity index (χ1) is 15.0. The molecule has 8 nitrogen and oxygen atoms in total. The molecule has 166 valence electrons. The number of rotatable bonds is 7. The summed E-state index contributed by atoms with van der Waals surface area (Å²) < 4.78 is 19.3. The van der Waals surface area contributed by atoms with Crippen LogP contribution < -0.4 is 10.6 Å². The molecule has 4 amide bonds. The summed E-state index contributed by atoms with van der Waals surface area (Å²) in [6, 6.07) is 4.85. The summed E-state index contributed by atoms with van der Waals surface area (Å²) in [5.74, 6) is -0.817. The van der Waals surface area contributed by atoms with Crippen LogP contribution in [0.25, 0.3) is 0 Å². The molecule has 3 aliphatic rings. The third-order valence-electron chi connectivity index (χ3n) is 5.95. The first kappa shape index (κ1) is 21.3. The molecule has 4 rings (SSSR count). The van der Waals surface area contributed by atoms with E-state index in [-0.39, 0.29) is 43.5 Å². The van der Waals surface area contributed by atoms with E-state index >= 15 is 0 Å². The van der Waals surface area contributed by atoms with Crippen molar-refractivity contribution in [3.63, 3.8) is 0 Å². The molecule has 3 aliphatic heterocycles. The number of amides is 4. The predicted molar refractivity (Wildman–Crippen MR) is 110 cm³/mol. The van der Waals surface area contributed by atoms with Crippen LogP contribution >= 0.6 is 0 Å². The fourth-order valence-corrected chi connectivity index (χ4v) is 4.36. The Morgan fingerprint density at radius 1 is 1.35 bits per heavy atom. The number of hydrogen-bond acceptors (Lipinski definition) is 4. The van der Waals surface area contributed by atoms with Gasteiger partial charge in [0, 0.05) is 32.7 Å². The van der Waals surface area contributed by atoms with Crippen molar-refractivity contribution in [2.45, 2.75) is 38.3 Å². The maximum absolute atomic E-state index is 13.8. The van der Waals surface area contributed by atoms with E-state index in [2.05, 4.69) is 10.6 Å². The molecule has 0 aromatic heterocycles. The SMILES string of the molecule is CCN1C(=O)NC(c2cccc(F)c2)C2=C1CN(CCC(=O)NCC1CCCO1)C2=O. The van der Waals surface area contributed by atoms with Gasteiger partial charge in [0.05, 0.1) is 30.0 Å². The third kappa shape index (κ3) is 4.41. The van der Waals surface area contributed by atoms with Gasteiger partial charge in [0.2, 0.25) is 5.91 Å². The zero-order valence-corrected chi connectivity index (χ0v) is 17.5. The minimum Gasteiger partial charge on any atom is -0.376 e. The Balaban J connectivity index is 1.45. The molecule has 2 N–H and O–H groups in total. The van der Waals surface area contributed by atoms with Crippen molar-refractivity contribution in [1.82, 2.24) is 20.4 Å². The maximum Gasteiger partial charge on any atom is 0.322 e. The Labute approximate surface area is 180 Å². The molecular weight excluding hydrogens is 403 g/mol. The van der Waals surface area contributed by atoms with E-state index in [9.17, 15) is 18.8 Å². The normalized spacial score (nSPS) is 23.3. The van der Waals surface area contributed by atoms with Gasteiger partial charge in [-0.05, 0) is 37.5 Å². The van der Waals surface area contributed by atoms with Crippen LogP contribution in [0.15, 0.2) is 35.5 Å². The van der Waals surface area contributed by atoms with Crippen molar-refractivity contribution in [2.75, 3.05) is 32.8 Å². The van der Waals surface area contributed by atoms with Crippen molar-refractivity contribution in [1.29, 1.82) is 0 Å². The molecule has 0 saturated carbocycles. The Bertz CT molecular complexity index is 913. The highest BCUT2D eigenvalue weighted by Crippen LogP contribution is 2.36. The fourth-order valence-electron chi connectivity index (χ4n) is 4.36. The lowest BCUT2D eigenvalue weighted by molar-refractivity contribution is -0.127. The number of nitrogens with zero attached hydrogens (tertiary/aromatic N) is 2. The second kappa shape index (κ2) is 9.05.